The van der Waals surface area contributed by atoms with Gasteiger partial charge in [0.1, 0.15) is 0 Å². The van der Waals surface area contributed by atoms with Gasteiger partial charge in [0.25, 0.3) is 5.91 Å². The number of rotatable bonds is 2. The molecule has 2 aromatic carbocycles. The minimum absolute atomic E-state index is 0.0733. The number of fused-ring (bicyclic) bond motifs is 1. The SMILES string of the molecule is O=C1Nc2ccc(I)cc2C1=Cc1cccn1-c1ccc(Cl)cc1. The standard InChI is InChI=1S/C19H12ClIN2O/c20-12-3-6-14(7-4-12)23-9-1-2-15(23)11-17-16-10-13(21)5-8-18(16)22-19(17)24/h1-11H,(H,22,24). The minimum Gasteiger partial charge on any atom is -0.321 e. The number of anilines is 1. The van der Waals surface area contributed by atoms with Crippen LogP contribution in [0.5, 0.6) is 0 Å². The zero-order valence-corrected chi connectivity index (χ0v) is 15.4. The molecule has 118 valence electrons. The van der Waals surface area contributed by atoms with Crippen molar-refractivity contribution in [3.63, 3.8) is 0 Å². The second kappa shape index (κ2) is 6.11. The molecule has 5 heteroatoms. The van der Waals surface area contributed by atoms with Gasteiger partial charge in [0, 0.05) is 37.4 Å². The number of halogens is 2. The predicted molar refractivity (Wildman–Crippen MR) is 106 cm³/mol. The molecule has 4 rings (SSSR count). The van der Waals surface area contributed by atoms with E-state index < -0.39 is 0 Å². The molecular weight excluding hydrogens is 435 g/mol. The molecule has 0 saturated heterocycles. The maximum Gasteiger partial charge on any atom is 0.256 e. The highest BCUT2D eigenvalue weighted by atomic mass is 127. The van der Waals surface area contributed by atoms with Gasteiger partial charge in [0.15, 0.2) is 0 Å². The van der Waals surface area contributed by atoms with Crippen molar-refractivity contribution >= 4 is 57.4 Å². The van der Waals surface area contributed by atoms with Crippen LogP contribution in [-0.2, 0) is 4.79 Å². The molecule has 1 aliphatic rings. The number of hydrogen-bond donors (Lipinski definition) is 1. The van der Waals surface area contributed by atoms with E-state index in [4.69, 9.17) is 11.6 Å². The quantitative estimate of drug-likeness (QED) is 0.425. The average Bonchev–Trinajstić information content (AvgIpc) is 3.14. The fourth-order valence-electron chi connectivity index (χ4n) is 2.80. The molecule has 0 unspecified atom stereocenters. The summed E-state index contributed by atoms with van der Waals surface area (Å²) in [6.45, 7) is 0. The lowest BCUT2D eigenvalue weighted by atomic mass is 10.1. The summed E-state index contributed by atoms with van der Waals surface area (Å²) in [5.41, 5.74) is 4.41. The van der Waals surface area contributed by atoms with Crippen molar-refractivity contribution in [2.24, 2.45) is 0 Å². The van der Waals surface area contributed by atoms with E-state index in [1.165, 1.54) is 0 Å². The third kappa shape index (κ3) is 2.76. The van der Waals surface area contributed by atoms with Gasteiger partial charge in [0.05, 0.1) is 5.57 Å². The summed E-state index contributed by atoms with van der Waals surface area (Å²) < 4.78 is 3.13. The number of nitrogens with one attached hydrogen (secondary N) is 1. The van der Waals surface area contributed by atoms with Crippen molar-refractivity contribution in [1.29, 1.82) is 0 Å². The Bertz CT molecular complexity index is 973. The smallest absolute Gasteiger partial charge is 0.256 e. The second-order valence-corrected chi connectivity index (χ2v) is 7.16. The highest BCUT2D eigenvalue weighted by Crippen LogP contribution is 2.34. The zero-order chi connectivity index (χ0) is 16.7. The molecule has 0 bridgehead atoms. The lowest BCUT2D eigenvalue weighted by Gasteiger charge is -2.07. The molecule has 1 amide bonds. The van der Waals surface area contributed by atoms with Gasteiger partial charge in [-0.2, -0.15) is 0 Å². The van der Waals surface area contributed by atoms with Crippen LogP contribution in [0, 0.1) is 3.57 Å². The second-order valence-electron chi connectivity index (χ2n) is 5.48. The molecule has 0 spiro atoms. The molecule has 1 aromatic heterocycles. The molecule has 0 aliphatic carbocycles. The first-order valence-electron chi connectivity index (χ1n) is 7.38. The first-order chi connectivity index (χ1) is 11.6. The summed E-state index contributed by atoms with van der Waals surface area (Å²) >= 11 is 8.22. The predicted octanol–water partition coefficient (Wildman–Crippen LogP) is 5.23. The number of nitrogens with zero attached hydrogens (tertiary/aromatic N) is 1. The van der Waals surface area contributed by atoms with Gasteiger partial charge in [0.2, 0.25) is 0 Å². The largest absolute Gasteiger partial charge is 0.321 e. The molecule has 0 radical (unpaired) electrons. The Balaban J connectivity index is 1.81. The van der Waals surface area contributed by atoms with Crippen LogP contribution < -0.4 is 5.32 Å². The zero-order valence-electron chi connectivity index (χ0n) is 12.5. The van der Waals surface area contributed by atoms with Crippen LogP contribution in [0.25, 0.3) is 17.3 Å². The van der Waals surface area contributed by atoms with E-state index in [9.17, 15) is 4.79 Å². The van der Waals surface area contributed by atoms with Crippen molar-refractivity contribution < 1.29 is 4.79 Å². The minimum atomic E-state index is -0.0733. The van der Waals surface area contributed by atoms with Crippen LogP contribution in [0.2, 0.25) is 5.02 Å². The van der Waals surface area contributed by atoms with E-state index in [0.29, 0.717) is 10.6 Å². The molecule has 1 aliphatic heterocycles. The van der Waals surface area contributed by atoms with E-state index in [0.717, 1.165) is 26.2 Å². The van der Waals surface area contributed by atoms with Crippen molar-refractivity contribution in [2.45, 2.75) is 0 Å². The maximum absolute atomic E-state index is 12.4. The van der Waals surface area contributed by atoms with Crippen LogP contribution >= 0.6 is 34.2 Å². The summed E-state index contributed by atoms with van der Waals surface area (Å²) in [6.07, 6.45) is 3.89. The van der Waals surface area contributed by atoms with Gasteiger partial charge < -0.3 is 9.88 Å². The maximum atomic E-state index is 12.4. The van der Waals surface area contributed by atoms with Gasteiger partial charge >= 0.3 is 0 Å². The lowest BCUT2D eigenvalue weighted by molar-refractivity contribution is -0.110. The Kier molecular flexibility index (Phi) is 3.94. The molecule has 0 saturated carbocycles. The van der Waals surface area contributed by atoms with Crippen molar-refractivity contribution in [1.82, 2.24) is 4.57 Å². The highest BCUT2D eigenvalue weighted by Gasteiger charge is 2.24. The summed E-state index contributed by atoms with van der Waals surface area (Å²) in [4.78, 5) is 12.4. The monoisotopic (exact) mass is 446 g/mol. The van der Waals surface area contributed by atoms with Gasteiger partial charge in [-0.15, -0.1) is 0 Å². The van der Waals surface area contributed by atoms with E-state index in [1.54, 1.807) is 0 Å². The van der Waals surface area contributed by atoms with Crippen molar-refractivity contribution in [3.8, 4) is 5.69 Å². The molecule has 3 nitrogen and oxygen atoms in total. The lowest BCUT2D eigenvalue weighted by Crippen LogP contribution is -2.04. The van der Waals surface area contributed by atoms with Crippen molar-refractivity contribution in [3.05, 3.63) is 80.6 Å². The van der Waals surface area contributed by atoms with Gasteiger partial charge in [-0.25, -0.2) is 0 Å². The van der Waals surface area contributed by atoms with Crippen LogP contribution in [-0.4, -0.2) is 10.5 Å². The fraction of sp³-hybridized carbons (Fsp3) is 0. The Labute approximate surface area is 158 Å². The van der Waals surface area contributed by atoms with E-state index >= 15 is 0 Å². The number of hydrogen-bond acceptors (Lipinski definition) is 1. The van der Waals surface area contributed by atoms with Gasteiger partial charge in [-0.3, -0.25) is 4.79 Å². The van der Waals surface area contributed by atoms with Crippen LogP contribution in [0.4, 0.5) is 5.69 Å². The summed E-state index contributed by atoms with van der Waals surface area (Å²) in [7, 11) is 0. The van der Waals surface area contributed by atoms with Gasteiger partial charge in [-0.1, -0.05) is 11.6 Å². The number of carbonyl (C=O) groups excluding carboxylic acids is 1. The third-order valence-corrected chi connectivity index (χ3v) is 4.86. The van der Waals surface area contributed by atoms with Crippen LogP contribution in [0.1, 0.15) is 11.3 Å². The average molecular weight is 447 g/mol. The Morgan fingerprint density at radius 3 is 2.67 bits per heavy atom. The third-order valence-electron chi connectivity index (χ3n) is 3.94. The fourth-order valence-corrected chi connectivity index (χ4v) is 3.42. The summed E-state index contributed by atoms with van der Waals surface area (Å²) in [5.74, 6) is -0.0733. The molecular formula is C19H12ClIN2O. The first-order valence-corrected chi connectivity index (χ1v) is 8.84. The molecule has 0 atom stereocenters. The molecule has 0 fully saturated rings. The first kappa shape index (κ1) is 15.5. The molecule has 24 heavy (non-hydrogen) atoms. The normalized spacial score (nSPS) is 14.8. The van der Waals surface area contributed by atoms with Crippen LogP contribution in [0.3, 0.4) is 0 Å². The van der Waals surface area contributed by atoms with E-state index in [2.05, 4.69) is 27.9 Å². The Hall–Kier alpha value is -2.05. The molecule has 2 heterocycles. The Morgan fingerprint density at radius 1 is 1.08 bits per heavy atom. The number of carbonyl (C=O) groups is 1. The molecule has 1 N–H and O–H groups in total. The van der Waals surface area contributed by atoms with E-state index in [-0.39, 0.29) is 5.91 Å². The Morgan fingerprint density at radius 2 is 1.88 bits per heavy atom. The number of amides is 1. The number of benzene rings is 2. The van der Waals surface area contributed by atoms with Gasteiger partial charge in [-0.05, 0) is 83.3 Å². The number of aromatic nitrogens is 1. The summed E-state index contributed by atoms with van der Waals surface area (Å²) in [6, 6.07) is 17.5. The van der Waals surface area contributed by atoms with Crippen molar-refractivity contribution in [2.75, 3.05) is 5.32 Å². The van der Waals surface area contributed by atoms with Crippen LogP contribution in [0.15, 0.2) is 60.8 Å². The summed E-state index contributed by atoms with van der Waals surface area (Å²) in [5, 5.41) is 3.62. The van der Waals surface area contributed by atoms with E-state index in [1.807, 2.05) is 71.4 Å². The highest BCUT2D eigenvalue weighted by molar-refractivity contribution is 14.1. The molecule has 3 aromatic rings. The topological polar surface area (TPSA) is 34.0 Å².